The van der Waals surface area contributed by atoms with Gasteiger partial charge in [-0.05, 0) is 25.5 Å². The quantitative estimate of drug-likeness (QED) is 0.464. The van der Waals surface area contributed by atoms with E-state index in [0.29, 0.717) is 0 Å². The molecule has 0 amide bonds. The maximum absolute atomic E-state index is 11.3. The fourth-order valence-electron chi connectivity index (χ4n) is 0.428. The topological polar surface area (TPSA) is 37.3 Å². The van der Waals surface area contributed by atoms with Crippen LogP contribution >= 0.6 is 0 Å². The lowest BCUT2D eigenvalue weighted by molar-refractivity contribution is -0.137. The Morgan fingerprint density at radius 3 is 2.22 bits per heavy atom. The van der Waals surface area contributed by atoms with Crippen molar-refractivity contribution in [3.05, 3.63) is 12.1 Å². The minimum atomic E-state index is -4.95. The van der Waals surface area contributed by atoms with Gasteiger partial charge in [0.1, 0.15) is 0 Å². The van der Waals surface area contributed by atoms with Crippen LogP contribution in [0.25, 0.3) is 0 Å². The Balaban J connectivity index is 7.56. The SMILES string of the molecule is [2H]C(=C([2H])C([2H])([2H])C([2H])([2H])C([2H])([2H])C([2H])([2H])C([2H])([2H])C([2H])([2H])C([2H])([2H])C([2H])([2H])C([2H])([2H])C(=O)O)C([2H])([2H])C([2H])([2H])C([2H])([2H])C([2H])([2H])[2H]. The van der Waals surface area contributed by atoms with E-state index in [9.17, 15) is 4.79 Å². The summed E-state index contributed by atoms with van der Waals surface area (Å²) in [6.07, 6.45) is -55.7. The van der Waals surface area contributed by atoms with Crippen LogP contribution in [-0.4, -0.2) is 11.1 Å². The molecular weight excluding hydrogens is 224 g/mol. The summed E-state index contributed by atoms with van der Waals surface area (Å²) in [4.78, 5) is 11.3. The van der Waals surface area contributed by atoms with Crippen molar-refractivity contribution < 1.29 is 49.7 Å². The molecule has 106 valence electrons. The van der Waals surface area contributed by atoms with Gasteiger partial charge in [-0.2, -0.15) is 0 Å². The standard InChI is InChI=1S/C16H30O2/c1-2-3-4-5-6-7-8-9-10-11-12-13-14-15-16(17)18/h5-6H,2-4,7-15H2,1H3,(H,17,18)/i1D3,2D2,3D2,4D2,5D,6D,7D2,8D2,9D2,10D2,11D2,12D2,13D2,14D2,15D2. The third-order valence-corrected chi connectivity index (χ3v) is 0.919. The van der Waals surface area contributed by atoms with Crippen molar-refractivity contribution in [3.8, 4) is 0 Å². The minimum absolute atomic E-state index is 2.33. The van der Waals surface area contributed by atoms with Crippen molar-refractivity contribution >= 4 is 5.97 Å². The van der Waals surface area contributed by atoms with Gasteiger partial charge in [0.15, 0.2) is 0 Å². The van der Waals surface area contributed by atoms with E-state index in [-0.39, 0.29) is 0 Å². The summed E-state index contributed by atoms with van der Waals surface area (Å²) < 4.78 is 226. The number of carbonyl (C=O) groups is 1. The zero-order valence-electron chi connectivity index (χ0n) is 37.9. The molecule has 0 aromatic rings. The molecule has 0 aromatic heterocycles. The summed E-state index contributed by atoms with van der Waals surface area (Å²) in [5.74, 6) is -2.73. The Morgan fingerprint density at radius 2 is 1.61 bits per heavy atom. The van der Waals surface area contributed by atoms with Crippen LogP contribution in [0.5, 0.6) is 0 Å². The Bertz CT molecular complexity index is 1230. The van der Waals surface area contributed by atoms with Crippen LogP contribution in [0.2, 0.25) is 0 Å². The molecule has 2 nitrogen and oxygen atoms in total. The van der Waals surface area contributed by atoms with Gasteiger partial charge in [-0.3, -0.25) is 4.79 Å². The van der Waals surface area contributed by atoms with E-state index in [1.165, 1.54) is 0 Å². The predicted octanol–water partition coefficient (Wildman–Crippen LogP) is 5.33. The van der Waals surface area contributed by atoms with Crippen molar-refractivity contribution in [1.82, 2.24) is 0 Å². The lowest BCUT2D eigenvalue weighted by atomic mass is 10.1. The van der Waals surface area contributed by atoms with Crippen LogP contribution < -0.4 is 0 Å². The molecule has 0 heterocycles. The Labute approximate surface area is 153 Å². The van der Waals surface area contributed by atoms with Crippen LogP contribution in [0.4, 0.5) is 0 Å². The molecule has 18 heavy (non-hydrogen) atoms. The highest BCUT2D eigenvalue weighted by Crippen LogP contribution is 2.10. The van der Waals surface area contributed by atoms with Crippen molar-refractivity contribution in [3.63, 3.8) is 0 Å². The van der Waals surface area contributed by atoms with E-state index < -0.39 is 101 Å². The molecule has 0 fully saturated rings. The van der Waals surface area contributed by atoms with Gasteiger partial charge >= 0.3 is 5.97 Å². The second kappa shape index (κ2) is 14.3. The van der Waals surface area contributed by atoms with Crippen LogP contribution in [0.15, 0.2) is 12.1 Å². The van der Waals surface area contributed by atoms with Crippen LogP contribution in [0.1, 0.15) is 123 Å². The number of hydrogen-bond acceptors (Lipinski definition) is 1. The lowest BCUT2D eigenvalue weighted by Crippen LogP contribution is -1.93. The molecule has 0 atom stereocenters. The summed E-state index contributed by atoms with van der Waals surface area (Å²) in [6.45, 7) is -3.96. The molecule has 0 rings (SSSR count). The van der Waals surface area contributed by atoms with Gasteiger partial charge < -0.3 is 5.11 Å². The van der Waals surface area contributed by atoms with Gasteiger partial charge in [-0.1, -0.05) is 63.6 Å². The van der Waals surface area contributed by atoms with E-state index in [4.69, 9.17) is 44.9 Å². The Hall–Kier alpha value is -0.790. The number of carboxylic acids is 1. The summed E-state index contributed by atoms with van der Waals surface area (Å²) >= 11 is 0. The Morgan fingerprint density at radius 1 is 1.06 bits per heavy atom. The molecule has 0 saturated carbocycles. The van der Waals surface area contributed by atoms with Crippen molar-refractivity contribution in [2.45, 2.75) is 83.3 Å². The normalized spacial score (nSPS) is 46.3. The van der Waals surface area contributed by atoms with E-state index >= 15 is 0 Å². The first kappa shape index (κ1) is 2.21. The van der Waals surface area contributed by atoms with Crippen LogP contribution in [0.3, 0.4) is 0 Å². The molecule has 1 N–H and O–H groups in total. The number of aliphatic carboxylic acids is 1. The van der Waals surface area contributed by atoms with E-state index in [1.54, 1.807) is 0 Å². The van der Waals surface area contributed by atoms with Gasteiger partial charge in [0.05, 0.1) is 2.74 Å². The maximum atomic E-state index is 11.3. The van der Waals surface area contributed by atoms with Crippen LogP contribution in [0, 0.1) is 0 Å². The second-order valence-corrected chi connectivity index (χ2v) is 2.06. The summed E-state index contributed by atoms with van der Waals surface area (Å²) in [6, 6.07) is -4.73. The maximum Gasteiger partial charge on any atom is 0.303 e. The van der Waals surface area contributed by atoms with Crippen molar-refractivity contribution in [1.29, 1.82) is 0 Å². The molecule has 0 aliphatic carbocycles. The van der Waals surface area contributed by atoms with E-state index in [1.807, 2.05) is 0 Å². The average Bonchev–Trinajstić information content (AvgIpc) is 2.85. The molecule has 0 aromatic carbocycles. The highest BCUT2D eigenvalue weighted by molar-refractivity contribution is 5.66. The highest BCUT2D eigenvalue weighted by atomic mass is 16.4. The van der Waals surface area contributed by atoms with Crippen LogP contribution in [-0.2, 0) is 4.79 Å². The first-order chi connectivity index (χ1) is 19.8. The molecule has 0 aliphatic heterocycles. The predicted molar refractivity (Wildman–Crippen MR) is 77.9 cm³/mol. The summed E-state index contributed by atoms with van der Waals surface area (Å²) in [5.41, 5.74) is 0. The number of allylic oxidation sites excluding steroid dienone is 2. The minimum Gasteiger partial charge on any atom is -0.481 e. The van der Waals surface area contributed by atoms with Crippen molar-refractivity contribution in [2.24, 2.45) is 0 Å². The summed E-state index contributed by atoms with van der Waals surface area (Å²) in [5, 5.41) is 9.02. The molecule has 0 radical (unpaired) electrons. The summed E-state index contributed by atoms with van der Waals surface area (Å²) in [7, 11) is 0. The van der Waals surface area contributed by atoms with Gasteiger partial charge in [-0.15, -0.1) is 0 Å². The lowest BCUT2D eigenvalue weighted by Gasteiger charge is -2.00. The third-order valence-electron chi connectivity index (χ3n) is 0.919. The largest absolute Gasteiger partial charge is 0.481 e. The molecule has 0 bridgehead atoms. The number of rotatable bonds is 13. The zero-order chi connectivity index (χ0) is 39.2. The molecule has 0 aliphatic rings. The third kappa shape index (κ3) is 15.2. The van der Waals surface area contributed by atoms with Gasteiger partial charge in [0, 0.05) is 43.4 Å². The van der Waals surface area contributed by atoms with E-state index in [0.717, 1.165) is 0 Å². The van der Waals surface area contributed by atoms with Gasteiger partial charge in [-0.25, -0.2) is 0 Å². The first-order valence-electron chi connectivity index (χ1n) is 18.7. The Kier molecular flexibility index (Phi) is 1.75. The monoisotopic (exact) mass is 283 g/mol. The fraction of sp³-hybridized carbons (Fsp3) is 0.812. The number of carboxylic acid groups (broad SMARTS) is 1. The van der Waals surface area contributed by atoms with Gasteiger partial charge in [0.2, 0.25) is 0 Å². The number of hydrogen-bond donors (Lipinski definition) is 1. The van der Waals surface area contributed by atoms with Crippen molar-refractivity contribution in [2.75, 3.05) is 0 Å². The smallest absolute Gasteiger partial charge is 0.303 e. The average molecular weight is 284 g/mol. The molecular formula is C16H30O2. The van der Waals surface area contributed by atoms with E-state index in [2.05, 4.69) is 0 Å². The fourth-order valence-corrected chi connectivity index (χ4v) is 0.428. The molecule has 2 heteroatoms. The first-order valence-corrected chi connectivity index (χ1v) is 4.18. The zero-order valence-corrected chi connectivity index (χ0v) is 8.86. The second-order valence-electron chi connectivity index (χ2n) is 2.06. The highest BCUT2D eigenvalue weighted by Gasteiger charge is 1.96. The molecule has 0 spiro atoms. The molecule has 0 saturated heterocycles. The molecule has 0 unspecified atom stereocenters. The van der Waals surface area contributed by atoms with Gasteiger partial charge in [0.25, 0.3) is 0 Å².